The molecule has 1 heterocycles. The fraction of sp³-hybridized carbons (Fsp3) is 0.350. The first kappa shape index (κ1) is 16.8. The van der Waals surface area contributed by atoms with Gasteiger partial charge in [-0.2, -0.15) is 0 Å². The zero-order valence-electron chi connectivity index (χ0n) is 14.1. The molecule has 0 aliphatic carbocycles. The molecule has 0 aromatic heterocycles. The smallest absolute Gasteiger partial charge is 0.336 e. The summed E-state index contributed by atoms with van der Waals surface area (Å²) in [5.74, 6) is -0.0902. The van der Waals surface area contributed by atoms with Gasteiger partial charge < -0.3 is 10.4 Å². The van der Waals surface area contributed by atoms with Gasteiger partial charge in [0.1, 0.15) is 0 Å². The van der Waals surface area contributed by atoms with Crippen LogP contribution in [0.4, 0.5) is 5.69 Å². The molecule has 0 unspecified atom stereocenters. The van der Waals surface area contributed by atoms with Crippen LogP contribution in [0.3, 0.4) is 0 Å². The Morgan fingerprint density at radius 3 is 2.46 bits per heavy atom. The highest BCUT2D eigenvalue weighted by Crippen LogP contribution is 2.47. The molecule has 2 aromatic carbocycles. The van der Waals surface area contributed by atoms with Crippen LogP contribution in [0.1, 0.15) is 59.3 Å². The minimum Gasteiger partial charge on any atom is -0.478 e. The molecule has 2 aromatic rings. The predicted octanol–water partition coefficient (Wildman–Crippen LogP) is 5.64. The first-order valence-corrected chi connectivity index (χ1v) is 8.70. The number of hydrogen-bond acceptors (Lipinski definition) is 2. The van der Waals surface area contributed by atoms with E-state index in [1.165, 1.54) is 11.1 Å². The largest absolute Gasteiger partial charge is 0.478 e. The standard InChI is InChI=1S/C20H22ClNO2/c1-4-15-11(2)16-9-10-17(20(23)24)12(3)18(16)22-19(15)13-5-7-14(21)8-6-13/h5-11,15,19,22H,4H2,1-3H3,(H,23,24)/t11-,15+,19+/m1/s1. The molecule has 0 fully saturated rings. The number of carbonyl (C=O) groups is 1. The summed E-state index contributed by atoms with van der Waals surface area (Å²) < 4.78 is 0. The van der Waals surface area contributed by atoms with Crippen molar-refractivity contribution in [1.82, 2.24) is 0 Å². The highest BCUT2D eigenvalue weighted by molar-refractivity contribution is 6.30. The van der Waals surface area contributed by atoms with Crippen LogP contribution < -0.4 is 5.32 Å². The van der Waals surface area contributed by atoms with Crippen LogP contribution in [0.15, 0.2) is 36.4 Å². The van der Waals surface area contributed by atoms with Crippen molar-refractivity contribution in [3.63, 3.8) is 0 Å². The van der Waals surface area contributed by atoms with Crippen LogP contribution in [0.25, 0.3) is 0 Å². The SMILES string of the molecule is CC[C@H]1[C@@H](C)c2ccc(C(=O)O)c(C)c2N[C@H]1c1ccc(Cl)cc1. The van der Waals surface area contributed by atoms with Gasteiger partial charge >= 0.3 is 5.97 Å². The van der Waals surface area contributed by atoms with Gasteiger partial charge in [-0.1, -0.05) is 50.1 Å². The number of hydrogen-bond donors (Lipinski definition) is 2. The molecule has 0 spiro atoms. The number of carboxylic acids is 1. The van der Waals surface area contributed by atoms with E-state index < -0.39 is 5.97 Å². The number of aromatic carboxylic acids is 1. The summed E-state index contributed by atoms with van der Waals surface area (Å²) in [7, 11) is 0. The molecule has 126 valence electrons. The molecule has 0 saturated carbocycles. The molecule has 3 nitrogen and oxygen atoms in total. The fourth-order valence-corrected chi connectivity index (χ4v) is 4.03. The summed E-state index contributed by atoms with van der Waals surface area (Å²) in [6.07, 6.45) is 1.04. The zero-order valence-corrected chi connectivity index (χ0v) is 14.9. The minimum absolute atomic E-state index is 0.150. The number of halogens is 1. The predicted molar refractivity (Wildman–Crippen MR) is 98.2 cm³/mol. The molecule has 0 saturated heterocycles. The van der Waals surface area contributed by atoms with E-state index in [-0.39, 0.29) is 6.04 Å². The summed E-state index contributed by atoms with van der Waals surface area (Å²) in [5.41, 5.74) is 4.52. The second kappa shape index (κ2) is 6.48. The highest BCUT2D eigenvalue weighted by Gasteiger charge is 2.35. The maximum absolute atomic E-state index is 11.5. The zero-order chi connectivity index (χ0) is 17.4. The normalized spacial score (nSPS) is 22.6. The van der Waals surface area contributed by atoms with Gasteiger partial charge in [-0.05, 0) is 53.6 Å². The van der Waals surface area contributed by atoms with Crippen molar-refractivity contribution >= 4 is 23.3 Å². The lowest BCUT2D eigenvalue weighted by molar-refractivity contribution is 0.0696. The summed E-state index contributed by atoms with van der Waals surface area (Å²) in [6, 6.07) is 11.8. The molecular formula is C20H22ClNO2. The van der Waals surface area contributed by atoms with Crippen LogP contribution in [0.2, 0.25) is 5.02 Å². The van der Waals surface area contributed by atoms with E-state index >= 15 is 0 Å². The highest BCUT2D eigenvalue weighted by atomic mass is 35.5. The van der Waals surface area contributed by atoms with Gasteiger partial charge in [0.15, 0.2) is 0 Å². The number of nitrogens with one attached hydrogen (secondary N) is 1. The topological polar surface area (TPSA) is 49.3 Å². The van der Waals surface area contributed by atoms with E-state index in [1.807, 2.05) is 25.1 Å². The first-order valence-electron chi connectivity index (χ1n) is 8.32. The molecule has 1 aliphatic rings. The van der Waals surface area contributed by atoms with Gasteiger partial charge in [-0.3, -0.25) is 0 Å². The van der Waals surface area contributed by atoms with Crippen molar-refractivity contribution < 1.29 is 9.90 Å². The molecule has 3 atom stereocenters. The molecule has 2 N–H and O–H groups in total. The summed E-state index contributed by atoms with van der Waals surface area (Å²) in [6.45, 7) is 6.32. The molecule has 24 heavy (non-hydrogen) atoms. The second-order valence-corrected chi connectivity index (χ2v) is 6.98. The van der Waals surface area contributed by atoms with E-state index in [2.05, 4.69) is 31.3 Å². The summed E-state index contributed by atoms with van der Waals surface area (Å²) in [4.78, 5) is 11.5. The fourth-order valence-electron chi connectivity index (χ4n) is 3.91. The maximum atomic E-state index is 11.5. The third-order valence-corrected chi connectivity index (χ3v) is 5.54. The minimum atomic E-state index is -0.884. The van der Waals surface area contributed by atoms with Gasteiger partial charge in [-0.15, -0.1) is 0 Å². The lowest BCUT2D eigenvalue weighted by atomic mass is 9.74. The molecule has 0 bridgehead atoms. The van der Waals surface area contributed by atoms with E-state index in [1.54, 1.807) is 6.07 Å². The van der Waals surface area contributed by atoms with Gasteiger partial charge in [0.2, 0.25) is 0 Å². The lowest BCUT2D eigenvalue weighted by Gasteiger charge is -2.40. The summed E-state index contributed by atoms with van der Waals surface area (Å²) >= 11 is 6.03. The maximum Gasteiger partial charge on any atom is 0.336 e. The number of anilines is 1. The van der Waals surface area contributed by atoms with Crippen LogP contribution >= 0.6 is 11.6 Å². The van der Waals surface area contributed by atoms with Crippen molar-refractivity contribution in [2.45, 2.75) is 39.2 Å². The molecule has 3 rings (SSSR count). The Morgan fingerprint density at radius 2 is 1.88 bits per heavy atom. The Bertz CT molecular complexity index is 770. The third kappa shape index (κ3) is 2.78. The Hall–Kier alpha value is -2.00. The van der Waals surface area contributed by atoms with Crippen molar-refractivity contribution in [1.29, 1.82) is 0 Å². The summed E-state index contributed by atoms with van der Waals surface area (Å²) in [5, 5.41) is 13.7. The van der Waals surface area contributed by atoms with E-state index in [0.29, 0.717) is 17.4 Å². The molecule has 0 radical (unpaired) electrons. The molecule has 0 amide bonds. The third-order valence-electron chi connectivity index (χ3n) is 5.29. The molecule has 4 heteroatoms. The van der Waals surface area contributed by atoms with Crippen molar-refractivity contribution in [2.24, 2.45) is 5.92 Å². The van der Waals surface area contributed by atoms with Crippen LogP contribution in [-0.2, 0) is 0 Å². The van der Waals surface area contributed by atoms with Crippen LogP contribution in [0, 0.1) is 12.8 Å². The Morgan fingerprint density at radius 1 is 1.21 bits per heavy atom. The van der Waals surface area contributed by atoms with Gasteiger partial charge in [0.05, 0.1) is 11.6 Å². The van der Waals surface area contributed by atoms with Gasteiger partial charge in [0.25, 0.3) is 0 Å². The van der Waals surface area contributed by atoms with Crippen molar-refractivity contribution in [3.8, 4) is 0 Å². The Kier molecular flexibility index (Phi) is 4.55. The quantitative estimate of drug-likeness (QED) is 0.757. The monoisotopic (exact) mass is 343 g/mol. The number of carboxylic acid groups (broad SMARTS) is 1. The van der Waals surface area contributed by atoms with Crippen molar-refractivity contribution in [3.05, 3.63) is 63.7 Å². The molecule has 1 aliphatic heterocycles. The van der Waals surface area contributed by atoms with E-state index in [4.69, 9.17) is 11.6 Å². The van der Waals surface area contributed by atoms with Crippen LogP contribution in [-0.4, -0.2) is 11.1 Å². The van der Waals surface area contributed by atoms with Crippen molar-refractivity contribution in [2.75, 3.05) is 5.32 Å². The number of fused-ring (bicyclic) bond motifs is 1. The van der Waals surface area contributed by atoms with Crippen LogP contribution in [0.5, 0.6) is 0 Å². The molecular weight excluding hydrogens is 322 g/mol. The lowest BCUT2D eigenvalue weighted by Crippen LogP contribution is -2.31. The average molecular weight is 344 g/mol. The van der Waals surface area contributed by atoms with E-state index in [9.17, 15) is 9.90 Å². The average Bonchev–Trinajstić information content (AvgIpc) is 2.56. The van der Waals surface area contributed by atoms with E-state index in [0.717, 1.165) is 22.7 Å². The number of rotatable bonds is 3. The second-order valence-electron chi connectivity index (χ2n) is 6.54. The Labute approximate surface area is 147 Å². The first-order chi connectivity index (χ1) is 11.4. The Balaban J connectivity index is 2.10. The number of benzene rings is 2. The van der Waals surface area contributed by atoms with Gasteiger partial charge in [-0.25, -0.2) is 4.79 Å². The van der Waals surface area contributed by atoms with Gasteiger partial charge in [0, 0.05) is 10.7 Å².